The summed E-state index contributed by atoms with van der Waals surface area (Å²) in [7, 11) is 0. The molecule has 1 N–H and O–H groups in total. The minimum Gasteiger partial charge on any atom is -0.475 e. The molecule has 0 saturated carbocycles. The molecule has 0 unspecified atom stereocenters. The molecule has 0 aliphatic heterocycles. The molecule has 0 radical (unpaired) electrons. The highest BCUT2D eigenvalue weighted by atomic mass is 35.5. The summed E-state index contributed by atoms with van der Waals surface area (Å²) >= 11 is 5.99. The summed E-state index contributed by atoms with van der Waals surface area (Å²) in [4.78, 5) is 10.8. The van der Waals surface area contributed by atoms with Crippen LogP contribution in [-0.4, -0.2) is 11.1 Å². The molecule has 0 atom stereocenters. The van der Waals surface area contributed by atoms with E-state index < -0.39 is 5.97 Å². The number of hydrogen-bond donors (Lipinski definition) is 1. The van der Waals surface area contributed by atoms with Gasteiger partial charge >= 0.3 is 5.97 Å². The van der Waals surface area contributed by atoms with Crippen molar-refractivity contribution >= 4 is 28.5 Å². The Hall–Kier alpha value is -1.48. The van der Waals surface area contributed by atoms with Crippen LogP contribution in [0.2, 0.25) is 5.02 Å². The number of hydrogen-bond acceptors (Lipinski definition) is 2. The lowest BCUT2D eigenvalue weighted by molar-refractivity contribution is 0.0665. The second kappa shape index (κ2) is 3.28. The highest BCUT2D eigenvalue weighted by Crippen LogP contribution is 2.31. The summed E-state index contributed by atoms with van der Waals surface area (Å²) in [6.45, 7) is 3.67. The van der Waals surface area contributed by atoms with E-state index in [4.69, 9.17) is 21.1 Å². The first-order valence-corrected chi connectivity index (χ1v) is 4.81. The second-order valence-corrected chi connectivity index (χ2v) is 3.87. The minimum atomic E-state index is -1.07. The van der Waals surface area contributed by atoms with Crippen LogP contribution in [0.1, 0.15) is 21.7 Å². The van der Waals surface area contributed by atoms with Crippen molar-refractivity contribution in [3.05, 3.63) is 34.0 Å². The number of benzene rings is 1. The first-order chi connectivity index (χ1) is 7.00. The predicted octanol–water partition coefficient (Wildman–Crippen LogP) is 3.40. The zero-order valence-electron chi connectivity index (χ0n) is 8.30. The quantitative estimate of drug-likeness (QED) is 0.808. The average molecular weight is 225 g/mol. The first-order valence-electron chi connectivity index (χ1n) is 4.43. The van der Waals surface area contributed by atoms with E-state index in [0.29, 0.717) is 10.6 Å². The van der Waals surface area contributed by atoms with E-state index in [-0.39, 0.29) is 5.76 Å². The SMILES string of the molecule is Cc1c(Cl)cc(C)c2oc(C(=O)O)cc12. The largest absolute Gasteiger partial charge is 0.475 e. The smallest absolute Gasteiger partial charge is 0.371 e. The zero-order chi connectivity index (χ0) is 11.2. The molecule has 0 fully saturated rings. The van der Waals surface area contributed by atoms with E-state index in [9.17, 15) is 4.79 Å². The fraction of sp³-hybridized carbons (Fsp3) is 0.182. The lowest BCUT2D eigenvalue weighted by Gasteiger charge is -2.01. The van der Waals surface area contributed by atoms with Gasteiger partial charge in [-0.05, 0) is 37.1 Å². The van der Waals surface area contributed by atoms with Crippen LogP contribution in [0.3, 0.4) is 0 Å². The second-order valence-electron chi connectivity index (χ2n) is 3.46. The van der Waals surface area contributed by atoms with Crippen molar-refractivity contribution in [1.29, 1.82) is 0 Å². The summed E-state index contributed by atoms with van der Waals surface area (Å²) in [5.74, 6) is -1.13. The number of furan rings is 1. The molecule has 0 aliphatic rings. The van der Waals surface area contributed by atoms with Gasteiger partial charge in [0.15, 0.2) is 0 Å². The summed E-state index contributed by atoms with van der Waals surface area (Å²) in [5, 5.41) is 10.2. The van der Waals surface area contributed by atoms with Gasteiger partial charge in [0.2, 0.25) is 5.76 Å². The minimum absolute atomic E-state index is 0.0570. The van der Waals surface area contributed by atoms with Crippen LogP contribution in [-0.2, 0) is 0 Å². The number of aromatic carboxylic acids is 1. The molecule has 1 heterocycles. The topological polar surface area (TPSA) is 50.4 Å². The Labute approximate surface area is 91.3 Å². The fourth-order valence-corrected chi connectivity index (χ4v) is 1.83. The number of carbonyl (C=O) groups is 1. The molecule has 0 aliphatic carbocycles. The summed E-state index contributed by atoms with van der Waals surface area (Å²) in [6.07, 6.45) is 0. The van der Waals surface area contributed by atoms with E-state index in [1.165, 1.54) is 6.07 Å². The van der Waals surface area contributed by atoms with Gasteiger partial charge in [0.25, 0.3) is 0 Å². The van der Waals surface area contributed by atoms with Gasteiger partial charge in [-0.1, -0.05) is 11.6 Å². The normalized spacial score (nSPS) is 10.9. The van der Waals surface area contributed by atoms with Gasteiger partial charge in [-0.25, -0.2) is 4.79 Å². The zero-order valence-corrected chi connectivity index (χ0v) is 9.05. The van der Waals surface area contributed by atoms with Crippen molar-refractivity contribution in [3.63, 3.8) is 0 Å². The third-order valence-electron chi connectivity index (χ3n) is 2.41. The summed E-state index contributed by atoms with van der Waals surface area (Å²) in [6, 6.07) is 3.28. The number of carboxylic acid groups (broad SMARTS) is 1. The highest BCUT2D eigenvalue weighted by Gasteiger charge is 2.15. The van der Waals surface area contributed by atoms with Crippen LogP contribution in [0.25, 0.3) is 11.0 Å². The van der Waals surface area contributed by atoms with E-state index in [1.54, 1.807) is 6.07 Å². The van der Waals surface area contributed by atoms with Gasteiger partial charge in [0, 0.05) is 10.4 Å². The molecule has 3 nitrogen and oxygen atoms in total. The molecule has 0 saturated heterocycles. The van der Waals surface area contributed by atoms with E-state index in [1.807, 2.05) is 13.8 Å². The van der Waals surface area contributed by atoms with Gasteiger partial charge in [-0.15, -0.1) is 0 Å². The van der Waals surface area contributed by atoms with Gasteiger partial charge < -0.3 is 9.52 Å². The molecule has 15 heavy (non-hydrogen) atoms. The number of halogens is 1. The Morgan fingerprint density at radius 3 is 2.67 bits per heavy atom. The molecule has 78 valence electrons. The lowest BCUT2D eigenvalue weighted by Crippen LogP contribution is -1.91. The van der Waals surface area contributed by atoms with Crippen LogP contribution in [0, 0.1) is 13.8 Å². The van der Waals surface area contributed by atoms with Crippen molar-refractivity contribution in [2.75, 3.05) is 0 Å². The third-order valence-corrected chi connectivity index (χ3v) is 2.80. The van der Waals surface area contributed by atoms with Crippen molar-refractivity contribution in [2.24, 2.45) is 0 Å². The van der Waals surface area contributed by atoms with Crippen molar-refractivity contribution in [3.8, 4) is 0 Å². The van der Waals surface area contributed by atoms with Crippen LogP contribution < -0.4 is 0 Å². The maximum atomic E-state index is 10.8. The molecule has 0 spiro atoms. The molecule has 4 heteroatoms. The van der Waals surface area contributed by atoms with Gasteiger partial charge in [-0.3, -0.25) is 0 Å². The molecular weight excluding hydrogens is 216 g/mol. The maximum Gasteiger partial charge on any atom is 0.371 e. The van der Waals surface area contributed by atoms with Crippen LogP contribution in [0.15, 0.2) is 16.5 Å². The number of fused-ring (bicyclic) bond motifs is 1. The van der Waals surface area contributed by atoms with Gasteiger partial charge in [0.05, 0.1) is 0 Å². The van der Waals surface area contributed by atoms with Gasteiger partial charge in [-0.2, -0.15) is 0 Å². The maximum absolute atomic E-state index is 10.8. The first kappa shape index (κ1) is 10.1. The molecule has 2 aromatic rings. The van der Waals surface area contributed by atoms with E-state index >= 15 is 0 Å². The van der Waals surface area contributed by atoms with Crippen molar-refractivity contribution in [2.45, 2.75) is 13.8 Å². The third kappa shape index (κ3) is 1.49. The van der Waals surface area contributed by atoms with E-state index in [0.717, 1.165) is 16.5 Å². The Morgan fingerprint density at radius 1 is 1.40 bits per heavy atom. The standard InChI is InChI=1S/C11H9ClO3/c1-5-3-8(12)6(2)7-4-9(11(13)14)15-10(5)7/h3-4H,1-2H3,(H,13,14). The van der Waals surface area contributed by atoms with Crippen molar-refractivity contribution in [1.82, 2.24) is 0 Å². The van der Waals surface area contributed by atoms with Crippen molar-refractivity contribution < 1.29 is 14.3 Å². The Balaban J connectivity index is 2.85. The molecular formula is C11H9ClO3. The summed E-state index contributed by atoms with van der Waals surface area (Å²) < 4.78 is 5.24. The lowest BCUT2D eigenvalue weighted by atomic mass is 10.1. The van der Waals surface area contributed by atoms with Gasteiger partial charge in [0.1, 0.15) is 5.58 Å². The Morgan fingerprint density at radius 2 is 2.07 bits per heavy atom. The molecule has 1 aromatic carbocycles. The van der Waals surface area contributed by atoms with Crippen LogP contribution >= 0.6 is 11.6 Å². The highest BCUT2D eigenvalue weighted by molar-refractivity contribution is 6.32. The molecule has 0 amide bonds. The number of aryl methyl sites for hydroxylation is 2. The fourth-order valence-electron chi connectivity index (χ4n) is 1.56. The monoisotopic (exact) mass is 224 g/mol. The number of carboxylic acids is 1. The van der Waals surface area contributed by atoms with Crippen LogP contribution in [0.4, 0.5) is 0 Å². The molecule has 2 rings (SSSR count). The predicted molar refractivity (Wildman–Crippen MR) is 57.7 cm³/mol. The molecule has 1 aromatic heterocycles. The average Bonchev–Trinajstić information content (AvgIpc) is 2.59. The Bertz CT molecular complexity index is 554. The summed E-state index contributed by atoms with van der Waals surface area (Å²) in [5.41, 5.74) is 2.27. The molecule has 0 bridgehead atoms. The number of rotatable bonds is 1. The van der Waals surface area contributed by atoms with Crippen LogP contribution in [0.5, 0.6) is 0 Å². The van der Waals surface area contributed by atoms with E-state index in [2.05, 4.69) is 0 Å². The Kier molecular flexibility index (Phi) is 2.20.